The molecule has 0 spiro atoms. The van der Waals surface area contributed by atoms with Crippen LogP contribution in [0.25, 0.3) is 0 Å². The molecule has 0 aliphatic carbocycles. The van der Waals surface area contributed by atoms with Crippen LogP contribution in [-0.4, -0.2) is 36.4 Å². The van der Waals surface area contributed by atoms with E-state index >= 15 is 0 Å². The van der Waals surface area contributed by atoms with Crippen molar-refractivity contribution in [3.63, 3.8) is 0 Å². The van der Waals surface area contributed by atoms with Gasteiger partial charge in [-0.2, -0.15) is 0 Å². The molecule has 6 nitrogen and oxygen atoms in total. The highest BCUT2D eigenvalue weighted by atomic mass is 16.5. The van der Waals surface area contributed by atoms with E-state index in [1.165, 1.54) is 0 Å². The molecule has 2 heterocycles. The zero-order valence-corrected chi connectivity index (χ0v) is 16.0. The van der Waals surface area contributed by atoms with Crippen LogP contribution < -0.4 is 10.1 Å². The van der Waals surface area contributed by atoms with Gasteiger partial charge in [-0.25, -0.2) is 0 Å². The number of hydrogen-bond donors (Lipinski definition) is 2. The van der Waals surface area contributed by atoms with Crippen molar-refractivity contribution >= 4 is 5.91 Å². The molecule has 1 aliphatic heterocycles. The Morgan fingerprint density at radius 1 is 1.33 bits per heavy atom. The maximum absolute atomic E-state index is 12.8. The van der Waals surface area contributed by atoms with Gasteiger partial charge in [0.2, 0.25) is 0 Å². The Labute approximate surface area is 159 Å². The number of aliphatic hydroxyl groups is 1. The van der Waals surface area contributed by atoms with Gasteiger partial charge in [-0.15, -0.1) is 0 Å². The Kier molecular flexibility index (Phi) is 6.19. The van der Waals surface area contributed by atoms with E-state index in [0.717, 1.165) is 11.3 Å². The Morgan fingerprint density at radius 3 is 2.70 bits per heavy atom. The summed E-state index contributed by atoms with van der Waals surface area (Å²) < 4.78 is 17.3. The van der Waals surface area contributed by atoms with Gasteiger partial charge >= 0.3 is 0 Å². The molecule has 146 valence electrons. The van der Waals surface area contributed by atoms with Crippen LogP contribution in [0.3, 0.4) is 0 Å². The van der Waals surface area contributed by atoms with Gasteiger partial charge in [-0.05, 0) is 37.1 Å². The predicted octanol–water partition coefficient (Wildman–Crippen LogP) is 3.17. The molecule has 1 aromatic carbocycles. The van der Waals surface area contributed by atoms with Crippen molar-refractivity contribution in [1.29, 1.82) is 0 Å². The number of furan rings is 1. The molecule has 6 heteroatoms. The van der Waals surface area contributed by atoms with Crippen molar-refractivity contribution in [2.24, 2.45) is 0 Å². The average Bonchev–Trinajstić information content (AvgIpc) is 3.06. The van der Waals surface area contributed by atoms with E-state index in [-0.39, 0.29) is 30.6 Å². The molecular formula is C21H27NO5. The van der Waals surface area contributed by atoms with E-state index in [0.29, 0.717) is 36.7 Å². The average molecular weight is 373 g/mol. The minimum Gasteiger partial charge on any atom is -0.486 e. The monoisotopic (exact) mass is 373 g/mol. The summed E-state index contributed by atoms with van der Waals surface area (Å²) in [5, 5.41) is 12.2. The second-order valence-electron chi connectivity index (χ2n) is 7.18. The standard InChI is InChI=1S/C21H27NO5/c1-13(2)19-10-17(14(3)26-19)21(24)22-18-8-9-25-12-20(18)27-16-6-4-15(11-23)5-7-16/h4-7,10,13,18,20,23H,8-9,11-12H2,1-3H3,(H,22,24)/t18-,20-/m1/s1. The van der Waals surface area contributed by atoms with Crippen LogP contribution in [0.5, 0.6) is 5.75 Å². The lowest BCUT2D eigenvalue weighted by Gasteiger charge is -2.32. The van der Waals surface area contributed by atoms with E-state index in [9.17, 15) is 4.79 Å². The molecule has 2 atom stereocenters. The first-order valence-electron chi connectivity index (χ1n) is 9.33. The van der Waals surface area contributed by atoms with Gasteiger partial charge < -0.3 is 24.3 Å². The summed E-state index contributed by atoms with van der Waals surface area (Å²) in [4.78, 5) is 12.8. The normalized spacial score (nSPS) is 19.9. The van der Waals surface area contributed by atoms with E-state index in [1.807, 2.05) is 51.1 Å². The fourth-order valence-electron chi connectivity index (χ4n) is 3.10. The first-order valence-corrected chi connectivity index (χ1v) is 9.33. The molecule has 1 amide bonds. The van der Waals surface area contributed by atoms with Crippen LogP contribution in [0, 0.1) is 6.92 Å². The minimum atomic E-state index is -0.278. The number of carbonyl (C=O) groups is 1. The molecule has 0 radical (unpaired) electrons. The van der Waals surface area contributed by atoms with Crippen LogP contribution in [0.15, 0.2) is 34.7 Å². The maximum atomic E-state index is 12.8. The van der Waals surface area contributed by atoms with Crippen LogP contribution in [-0.2, 0) is 11.3 Å². The molecule has 27 heavy (non-hydrogen) atoms. The summed E-state index contributed by atoms with van der Waals surface area (Å²) >= 11 is 0. The fourth-order valence-corrected chi connectivity index (χ4v) is 3.10. The number of rotatable bonds is 6. The Hall–Kier alpha value is -2.31. The number of aliphatic hydroxyl groups excluding tert-OH is 1. The van der Waals surface area contributed by atoms with Crippen molar-refractivity contribution in [2.45, 2.75) is 51.9 Å². The van der Waals surface area contributed by atoms with Gasteiger partial charge in [0.25, 0.3) is 5.91 Å². The third-order valence-electron chi connectivity index (χ3n) is 4.76. The lowest BCUT2D eigenvalue weighted by atomic mass is 10.0. The Balaban J connectivity index is 1.68. The second-order valence-corrected chi connectivity index (χ2v) is 7.18. The topological polar surface area (TPSA) is 80.9 Å². The summed E-state index contributed by atoms with van der Waals surface area (Å²) in [5.41, 5.74) is 1.39. The number of amides is 1. The lowest BCUT2D eigenvalue weighted by molar-refractivity contribution is -0.0135. The zero-order valence-electron chi connectivity index (χ0n) is 16.0. The maximum Gasteiger partial charge on any atom is 0.255 e. The molecule has 1 fully saturated rings. The van der Waals surface area contributed by atoms with E-state index in [1.54, 1.807) is 0 Å². The molecule has 1 saturated heterocycles. The molecule has 2 aromatic rings. The Morgan fingerprint density at radius 2 is 2.07 bits per heavy atom. The van der Waals surface area contributed by atoms with Gasteiger partial charge in [-0.3, -0.25) is 4.79 Å². The van der Waals surface area contributed by atoms with Crippen molar-refractivity contribution in [3.8, 4) is 5.75 Å². The van der Waals surface area contributed by atoms with Crippen molar-refractivity contribution in [3.05, 3.63) is 53.0 Å². The minimum absolute atomic E-state index is 0.00603. The van der Waals surface area contributed by atoms with Gasteiger partial charge in [0.1, 0.15) is 23.4 Å². The number of aryl methyl sites for hydroxylation is 1. The molecule has 2 N–H and O–H groups in total. The van der Waals surface area contributed by atoms with Crippen LogP contribution >= 0.6 is 0 Å². The van der Waals surface area contributed by atoms with Gasteiger partial charge in [0, 0.05) is 12.5 Å². The Bertz CT molecular complexity index is 765. The predicted molar refractivity (Wildman–Crippen MR) is 101 cm³/mol. The third-order valence-corrected chi connectivity index (χ3v) is 4.76. The van der Waals surface area contributed by atoms with Crippen LogP contribution in [0.2, 0.25) is 0 Å². The van der Waals surface area contributed by atoms with E-state index in [4.69, 9.17) is 19.0 Å². The molecular weight excluding hydrogens is 346 g/mol. The largest absolute Gasteiger partial charge is 0.486 e. The summed E-state index contributed by atoms with van der Waals surface area (Å²) in [6.45, 7) is 6.86. The van der Waals surface area contributed by atoms with Gasteiger partial charge in [0.05, 0.1) is 24.8 Å². The quantitative estimate of drug-likeness (QED) is 0.813. The van der Waals surface area contributed by atoms with Crippen molar-refractivity contribution in [2.75, 3.05) is 13.2 Å². The highest BCUT2D eigenvalue weighted by molar-refractivity contribution is 5.95. The fraction of sp³-hybridized carbons (Fsp3) is 0.476. The van der Waals surface area contributed by atoms with Crippen molar-refractivity contribution in [1.82, 2.24) is 5.32 Å². The van der Waals surface area contributed by atoms with E-state index in [2.05, 4.69) is 5.32 Å². The van der Waals surface area contributed by atoms with Gasteiger partial charge in [-0.1, -0.05) is 26.0 Å². The van der Waals surface area contributed by atoms with Crippen LogP contribution in [0.4, 0.5) is 0 Å². The number of benzene rings is 1. The third kappa shape index (κ3) is 4.70. The summed E-state index contributed by atoms with van der Waals surface area (Å²) in [6, 6.07) is 8.92. The first-order chi connectivity index (χ1) is 13.0. The molecule has 3 rings (SSSR count). The molecule has 1 aliphatic rings. The number of nitrogens with one attached hydrogen (secondary N) is 1. The SMILES string of the molecule is Cc1oc(C(C)C)cc1C(=O)N[C@@H]1CCOC[C@H]1Oc1ccc(CO)cc1. The summed E-state index contributed by atoms with van der Waals surface area (Å²) in [5.74, 6) is 2.19. The van der Waals surface area contributed by atoms with Gasteiger partial charge in [0.15, 0.2) is 0 Å². The summed E-state index contributed by atoms with van der Waals surface area (Å²) in [7, 11) is 0. The number of hydrogen-bond acceptors (Lipinski definition) is 5. The molecule has 1 aromatic heterocycles. The van der Waals surface area contributed by atoms with E-state index < -0.39 is 0 Å². The lowest BCUT2D eigenvalue weighted by Crippen LogP contribution is -2.51. The molecule has 0 saturated carbocycles. The zero-order chi connectivity index (χ0) is 19.4. The highest BCUT2D eigenvalue weighted by Gasteiger charge is 2.30. The first kappa shape index (κ1) is 19.5. The molecule has 0 unspecified atom stereocenters. The number of ether oxygens (including phenoxy) is 2. The van der Waals surface area contributed by atoms with Crippen molar-refractivity contribution < 1.29 is 23.8 Å². The number of carbonyl (C=O) groups excluding carboxylic acids is 1. The smallest absolute Gasteiger partial charge is 0.255 e. The summed E-state index contributed by atoms with van der Waals surface area (Å²) in [6.07, 6.45) is 0.401. The van der Waals surface area contributed by atoms with Crippen LogP contribution in [0.1, 0.15) is 53.6 Å². The molecule has 0 bridgehead atoms. The highest BCUT2D eigenvalue weighted by Crippen LogP contribution is 2.23. The second kappa shape index (κ2) is 8.59.